The first kappa shape index (κ1) is 21.5. The smallest absolute Gasteiger partial charge is 0.341 e. The van der Waals surface area contributed by atoms with E-state index in [0.29, 0.717) is 5.75 Å². The molecule has 0 spiro atoms. The standard InChI is InChI=1S/C27H28O3/c1-3-4-5-6-21-7-9-22(10-8-21)23-11-13-24(14-12-23)25-15-17-26(18-16-25)30-27(29)20(2)19-28/h7-18,28H,2-6,19H2,1H3. The van der Waals surface area contributed by atoms with Crippen LogP contribution in [0.1, 0.15) is 31.7 Å². The highest BCUT2D eigenvalue weighted by Gasteiger charge is 2.09. The Morgan fingerprint density at radius 3 is 1.73 bits per heavy atom. The molecule has 154 valence electrons. The van der Waals surface area contributed by atoms with E-state index < -0.39 is 12.6 Å². The minimum Gasteiger partial charge on any atom is -0.423 e. The molecule has 1 N–H and O–H groups in total. The molecule has 0 aliphatic heterocycles. The van der Waals surface area contributed by atoms with Crippen LogP contribution in [0.2, 0.25) is 0 Å². The number of esters is 1. The molecule has 0 atom stereocenters. The van der Waals surface area contributed by atoms with Gasteiger partial charge in [0.25, 0.3) is 0 Å². The van der Waals surface area contributed by atoms with E-state index in [-0.39, 0.29) is 5.57 Å². The molecule has 0 aliphatic carbocycles. The summed E-state index contributed by atoms with van der Waals surface area (Å²) in [4.78, 5) is 11.7. The van der Waals surface area contributed by atoms with E-state index in [4.69, 9.17) is 9.84 Å². The maximum Gasteiger partial charge on any atom is 0.341 e. The second kappa shape index (κ2) is 10.6. The fourth-order valence-corrected chi connectivity index (χ4v) is 3.26. The van der Waals surface area contributed by atoms with Gasteiger partial charge < -0.3 is 9.84 Å². The van der Waals surface area contributed by atoms with E-state index in [9.17, 15) is 4.79 Å². The largest absolute Gasteiger partial charge is 0.423 e. The Bertz CT molecular complexity index is 968. The van der Waals surface area contributed by atoms with Crippen molar-refractivity contribution in [2.75, 3.05) is 6.61 Å². The van der Waals surface area contributed by atoms with Gasteiger partial charge in [0, 0.05) is 0 Å². The molecule has 30 heavy (non-hydrogen) atoms. The molecular formula is C27H28O3. The van der Waals surface area contributed by atoms with Crippen molar-refractivity contribution in [2.45, 2.75) is 32.6 Å². The zero-order valence-corrected chi connectivity index (χ0v) is 17.4. The normalized spacial score (nSPS) is 10.6. The molecule has 3 aromatic rings. The van der Waals surface area contributed by atoms with Crippen LogP contribution in [-0.2, 0) is 11.2 Å². The molecule has 0 aliphatic rings. The lowest BCUT2D eigenvalue weighted by Gasteiger charge is -2.08. The number of benzene rings is 3. The van der Waals surface area contributed by atoms with Crippen molar-refractivity contribution in [3.8, 4) is 28.0 Å². The van der Waals surface area contributed by atoms with Crippen LogP contribution in [0.3, 0.4) is 0 Å². The maximum absolute atomic E-state index is 11.7. The summed E-state index contributed by atoms with van der Waals surface area (Å²) < 4.78 is 5.18. The number of aliphatic hydroxyl groups is 1. The molecule has 0 amide bonds. The summed E-state index contributed by atoms with van der Waals surface area (Å²) in [5.74, 6) is -0.194. The molecule has 0 fully saturated rings. The number of carbonyl (C=O) groups excluding carboxylic acids is 1. The number of carbonyl (C=O) groups is 1. The van der Waals surface area contributed by atoms with Gasteiger partial charge in [0.1, 0.15) is 5.75 Å². The average Bonchev–Trinajstić information content (AvgIpc) is 2.80. The zero-order valence-electron chi connectivity index (χ0n) is 17.4. The Balaban J connectivity index is 1.65. The van der Waals surface area contributed by atoms with Crippen LogP contribution < -0.4 is 4.74 Å². The molecular weight excluding hydrogens is 372 g/mol. The Morgan fingerprint density at radius 2 is 1.27 bits per heavy atom. The third kappa shape index (κ3) is 5.68. The summed E-state index contributed by atoms with van der Waals surface area (Å²) in [5.41, 5.74) is 5.95. The van der Waals surface area contributed by atoms with Crippen molar-refractivity contribution in [1.82, 2.24) is 0 Å². The van der Waals surface area contributed by atoms with E-state index in [1.807, 2.05) is 12.1 Å². The molecule has 3 nitrogen and oxygen atoms in total. The fraction of sp³-hybridized carbons (Fsp3) is 0.222. The van der Waals surface area contributed by atoms with E-state index >= 15 is 0 Å². The van der Waals surface area contributed by atoms with Gasteiger partial charge >= 0.3 is 5.97 Å². The van der Waals surface area contributed by atoms with Gasteiger partial charge in [0.15, 0.2) is 0 Å². The summed E-state index contributed by atoms with van der Waals surface area (Å²) >= 11 is 0. The van der Waals surface area contributed by atoms with Gasteiger partial charge in [-0.25, -0.2) is 4.79 Å². The second-order valence-corrected chi connectivity index (χ2v) is 7.41. The first-order valence-electron chi connectivity index (χ1n) is 10.4. The SMILES string of the molecule is C=C(CO)C(=O)Oc1ccc(-c2ccc(-c3ccc(CCCCC)cc3)cc2)cc1. The van der Waals surface area contributed by atoms with E-state index in [1.165, 1.54) is 36.0 Å². The van der Waals surface area contributed by atoms with Gasteiger partial charge in [-0.05, 0) is 52.8 Å². The highest BCUT2D eigenvalue weighted by molar-refractivity contribution is 5.89. The molecule has 0 unspecified atom stereocenters. The number of hydrogen-bond acceptors (Lipinski definition) is 3. The van der Waals surface area contributed by atoms with Crippen molar-refractivity contribution in [3.05, 3.63) is 90.5 Å². The highest BCUT2D eigenvalue weighted by atomic mass is 16.5. The summed E-state index contributed by atoms with van der Waals surface area (Å²) in [6.07, 6.45) is 4.92. The Labute approximate surface area is 178 Å². The summed E-state index contributed by atoms with van der Waals surface area (Å²) in [6, 6.07) is 24.6. The lowest BCUT2D eigenvalue weighted by atomic mass is 9.98. The minimum atomic E-state index is -0.619. The molecule has 0 saturated carbocycles. The van der Waals surface area contributed by atoms with Crippen LogP contribution in [0.25, 0.3) is 22.3 Å². The average molecular weight is 401 g/mol. The van der Waals surface area contributed by atoms with Crippen molar-refractivity contribution in [1.29, 1.82) is 0 Å². The van der Waals surface area contributed by atoms with Crippen LogP contribution in [0, 0.1) is 0 Å². The summed E-state index contributed by atoms with van der Waals surface area (Å²) in [5, 5.41) is 8.94. The molecule has 0 bridgehead atoms. The predicted molar refractivity (Wildman–Crippen MR) is 122 cm³/mol. The lowest BCUT2D eigenvalue weighted by molar-refractivity contribution is -0.130. The maximum atomic E-state index is 11.7. The van der Waals surface area contributed by atoms with Gasteiger partial charge in [-0.2, -0.15) is 0 Å². The number of unbranched alkanes of at least 4 members (excludes halogenated alkanes) is 2. The van der Waals surface area contributed by atoms with Crippen molar-refractivity contribution in [2.24, 2.45) is 0 Å². The molecule has 3 aromatic carbocycles. The van der Waals surface area contributed by atoms with Crippen LogP contribution in [0.5, 0.6) is 5.75 Å². The predicted octanol–water partition coefficient (Wildman–Crippen LogP) is 6.21. The number of aliphatic hydroxyl groups excluding tert-OH is 1. The van der Waals surface area contributed by atoms with Gasteiger partial charge in [-0.15, -0.1) is 0 Å². The van der Waals surface area contributed by atoms with Crippen molar-refractivity contribution < 1.29 is 14.6 Å². The molecule has 3 rings (SSSR count). The van der Waals surface area contributed by atoms with Crippen molar-refractivity contribution in [3.63, 3.8) is 0 Å². The summed E-state index contributed by atoms with van der Waals surface area (Å²) in [6.45, 7) is 5.28. The first-order chi connectivity index (χ1) is 14.6. The summed E-state index contributed by atoms with van der Waals surface area (Å²) in [7, 11) is 0. The Morgan fingerprint density at radius 1 is 0.800 bits per heavy atom. The van der Waals surface area contributed by atoms with Gasteiger partial charge in [0.2, 0.25) is 0 Å². The number of ether oxygens (including phenoxy) is 1. The van der Waals surface area contributed by atoms with E-state index in [2.05, 4.69) is 62.0 Å². The first-order valence-corrected chi connectivity index (χ1v) is 10.4. The third-order valence-corrected chi connectivity index (χ3v) is 5.12. The van der Waals surface area contributed by atoms with Crippen LogP contribution in [0.15, 0.2) is 84.9 Å². The third-order valence-electron chi connectivity index (χ3n) is 5.12. The topological polar surface area (TPSA) is 46.5 Å². The molecule has 0 heterocycles. The number of hydrogen-bond donors (Lipinski definition) is 1. The molecule has 0 saturated heterocycles. The quantitative estimate of drug-likeness (QED) is 0.201. The van der Waals surface area contributed by atoms with E-state index in [1.54, 1.807) is 12.1 Å². The zero-order chi connectivity index (χ0) is 21.3. The second-order valence-electron chi connectivity index (χ2n) is 7.41. The van der Waals surface area contributed by atoms with Crippen LogP contribution >= 0.6 is 0 Å². The fourth-order valence-electron chi connectivity index (χ4n) is 3.26. The Kier molecular flexibility index (Phi) is 7.58. The number of aryl methyl sites for hydroxylation is 1. The molecule has 0 radical (unpaired) electrons. The van der Waals surface area contributed by atoms with Crippen LogP contribution in [-0.4, -0.2) is 17.7 Å². The van der Waals surface area contributed by atoms with Crippen molar-refractivity contribution >= 4 is 5.97 Å². The van der Waals surface area contributed by atoms with Gasteiger partial charge in [0.05, 0.1) is 12.2 Å². The van der Waals surface area contributed by atoms with Gasteiger partial charge in [-0.1, -0.05) is 87.0 Å². The molecule has 0 aromatic heterocycles. The van der Waals surface area contributed by atoms with E-state index in [0.717, 1.165) is 17.5 Å². The molecule has 3 heteroatoms. The highest BCUT2D eigenvalue weighted by Crippen LogP contribution is 2.27. The minimum absolute atomic E-state index is 0.0312. The number of rotatable bonds is 9. The van der Waals surface area contributed by atoms with Crippen LogP contribution in [0.4, 0.5) is 0 Å². The Hall–Kier alpha value is -3.17. The lowest BCUT2D eigenvalue weighted by Crippen LogP contribution is -2.12. The monoisotopic (exact) mass is 400 g/mol. The van der Waals surface area contributed by atoms with Gasteiger partial charge in [-0.3, -0.25) is 0 Å².